The fourth-order valence-electron chi connectivity index (χ4n) is 2.23. The number of oxazole rings is 1. The smallest absolute Gasteiger partial charge is 0.408 e. The molecule has 1 atom stereocenters. The molecule has 2 heterocycles. The van der Waals surface area contributed by atoms with Crippen LogP contribution in [0.5, 0.6) is 0 Å². The van der Waals surface area contributed by atoms with Crippen LogP contribution < -0.4 is 16.4 Å². The third-order valence-electron chi connectivity index (χ3n) is 3.13. The predicted octanol–water partition coefficient (Wildman–Crippen LogP) is 1.28. The van der Waals surface area contributed by atoms with Gasteiger partial charge in [0.05, 0.1) is 5.52 Å². The number of anilines is 1. The van der Waals surface area contributed by atoms with Crippen molar-refractivity contribution in [3.63, 3.8) is 0 Å². The molecule has 1 aliphatic heterocycles. The van der Waals surface area contributed by atoms with Gasteiger partial charge < -0.3 is 15.1 Å². The Balaban J connectivity index is 1.73. The van der Waals surface area contributed by atoms with E-state index in [9.17, 15) is 4.79 Å². The van der Waals surface area contributed by atoms with Crippen LogP contribution in [0.4, 0.5) is 5.69 Å². The number of aromatic amines is 1. The Morgan fingerprint density at radius 1 is 1.47 bits per heavy atom. The Bertz CT molecular complexity index is 566. The van der Waals surface area contributed by atoms with Gasteiger partial charge in [-0.05, 0) is 37.6 Å². The molecule has 90 valence electrons. The fraction of sp³-hybridized carbons (Fsp3) is 0.417. The van der Waals surface area contributed by atoms with Gasteiger partial charge in [0.1, 0.15) is 0 Å². The van der Waals surface area contributed by atoms with Crippen molar-refractivity contribution in [1.82, 2.24) is 10.3 Å². The van der Waals surface area contributed by atoms with Crippen molar-refractivity contribution >= 4 is 16.8 Å². The van der Waals surface area contributed by atoms with E-state index in [2.05, 4.69) is 15.6 Å². The molecule has 0 amide bonds. The molecule has 0 aliphatic carbocycles. The molecule has 1 aromatic carbocycles. The maximum atomic E-state index is 11.0. The van der Waals surface area contributed by atoms with Gasteiger partial charge in [0, 0.05) is 18.3 Å². The van der Waals surface area contributed by atoms with E-state index in [1.165, 1.54) is 12.8 Å². The monoisotopic (exact) mass is 233 g/mol. The summed E-state index contributed by atoms with van der Waals surface area (Å²) >= 11 is 0. The number of aromatic nitrogens is 1. The van der Waals surface area contributed by atoms with E-state index in [1.807, 2.05) is 12.1 Å². The van der Waals surface area contributed by atoms with Crippen LogP contribution in [0, 0.1) is 0 Å². The highest BCUT2D eigenvalue weighted by Gasteiger charge is 2.13. The lowest BCUT2D eigenvalue weighted by molar-refractivity contribution is 0.555. The molecular formula is C12H15N3O2. The summed E-state index contributed by atoms with van der Waals surface area (Å²) in [4.78, 5) is 13.7. The first-order chi connectivity index (χ1) is 8.31. The van der Waals surface area contributed by atoms with Crippen molar-refractivity contribution < 1.29 is 4.42 Å². The molecule has 0 radical (unpaired) electrons. The maximum absolute atomic E-state index is 11.0. The Labute approximate surface area is 98.2 Å². The summed E-state index contributed by atoms with van der Waals surface area (Å²) in [6, 6.07) is 6.18. The van der Waals surface area contributed by atoms with Gasteiger partial charge in [-0.1, -0.05) is 0 Å². The number of hydrogen-bond donors (Lipinski definition) is 3. The van der Waals surface area contributed by atoms with E-state index in [-0.39, 0.29) is 0 Å². The van der Waals surface area contributed by atoms with Crippen LogP contribution in [0.25, 0.3) is 11.1 Å². The van der Waals surface area contributed by atoms with E-state index in [0.29, 0.717) is 11.6 Å². The fourth-order valence-corrected chi connectivity index (χ4v) is 2.23. The molecule has 17 heavy (non-hydrogen) atoms. The molecule has 3 N–H and O–H groups in total. The maximum Gasteiger partial charge on any atom is 0.417 e. The van der Waals surface area contributed by atoms with Crippen LogP contribution in [-0.2, 0) is 0 Å². The third kappa shape index (κ3) is 2.19. The molecule has 3 rings (SSSR count). The zero-order valence-corrected chi connectivity index (χ0v) is 9.45. The van der Waals surface area contributed by atoms with Crippen LogP contribution >= 0.6 is 0 Å². The molecule has 1 unspecified atom stereocenters. The highest BCUT2D eigenvalue weighted by Crippen LogP contribution is 2.16. The molecule has 1 saturated heterocycles. The highest BCUT2D eigenvalue weighted by molar-refractivity contribution is 5.76. The number of H-pyrrole nitrogens is 1. The molecular weight excluding hydrogens is 218 g/mol. The average Bonchev–Trinajstić information content (AvgIpc) is 2.92. The summed E-state index contributed by atoms with van der Waals surface area (Å²) < 4.78 is 4.95. The van der Waals surface area contributed by atoms with Crippen LogP contribution in [0.2, 0.25) is 0 Å². The summed E-state index contributed by atoms with van der Waals surface area (Å²) in [5.41, 5.74) is 2.34. The minimum Gasteiger partial charge on any atom is -0.408 e. The lowest BCUT2D eigenvalue weighted by Gasteiger charge is -2.12. The second kappa shape index (κ2) is 4.25. The van der Waals surface area contributed by atoms with Crippen molar-refractivity contribution in [2.75, 3.05) is 18.4 Å². The highest BCUT2D eigenvalue weighted by atomic mass is 16.4. The first-order valence-electron chi connectivity index (χ1n) is 5.91. The van der Waals surface area contributed by atoms with Gasteiger partial charge in [-0.3, -0.25) is 4.98 Å². The van der Waals surface area contributed by atoms with Crippen LogP contribution in [0.1, 0.15) is 12.8 Å². The lowest BCUT2D eigenvalue weighted by Crippen LogP contribution is -2.29. The van der Waals surface area contributed by atoms with Gasteiger partial charge in [-0.25, -0.2) is 4.79 Å². The number of benzene rings is 1. The first kappa shape index (κ1) is 10.4. The first-order valence-corrected chi connectivity index (χ1v) is 5.91. The van der Waals surface area contributed by atoms with E-state index in [4.69, 9.17) is 4.42 Å². The molecule has 5 heteroatoms. The van der Waals surface area contributed by atoms with E-state index >= 15 is 0 Å². The zero-order valence-electron chi connectivity index (χ0n) is 9.45. The quantitative estimate of drug-likeness (QED) is 0.747. The van der Waals surface area contributed by atoms with E-state index in [0.717, 1.165) is 24.3 Å². The summed E-state index contributed by atoms with van der Waals surface area (Å²) in [5, 5.41) is 6.79. The number of fused-ring (bicyclic) bond motifs is 1. The number of nitrogens with one attached hydrogen (secondary N) is 3. The van der Waals surface area contributed by atoms with Gasteiger partial charge in [0.25, 0.3) is 0 Å². The van der Waals surface area contributed by atoms with Gasteiger partial charge >= 0.3 is 5.76 Å². The van der Waals surface area contributed by atoms with Gasteiger partial charge in [0.15, 0.2) is 5.58 Å². The standard InChI is InChI=1S/C12H15N3O2/c16-12-15-10-6-8(3-4-11(10)17-12)14-7-9-2-1-5-13-9/h3-4,6,9,13-14H,1-2,5,7H2,(H,15,16). The summed E-state index contributed by atoms with van der Waals surface area (Å²) in [6.07, 6.45) is 2.47. The van der Waals surface area contributed by atoms with Crippen molar-refractivity contribution in [1.29, 1.82) is 0 Å². The largest absolute Gasteiger partial charge is 0.417 e. The normalized spacial score (nSPS) is 19.9. The molecule has 0 bridgehead atoms. The number of hydrogen-bond acceptors (Lipinski definition) is 4. The topological polar surface area (TPSA) is 70.1 Å². The summed E-state index contributed by atoms with van der Waals surface area (Å²) in [7, 11) is 0. The van der Waals surface area contributed by atoms with Crippen molar-refractivity contribution in [3.8, 4) is 0 Å². The van der Waals surface area contributed by atoms with Crippen molar-refractivity contribution in [3.05, 3.63) is 28.7 Å². The summed E-state index contributed by atoms with van der Waals surface area (Å²) in [5.74, 6) is -0.408. The van der Waals surface area contributed by atoms with Gasteiger partial charge in [-0.2, -0.15) is 0 Å². The minimum atomic E-state index is -0.408. The third-order valence-corrected chi connectivity index (χ3v) is 3.13. The van der Waals surface area contributed by atoms with Gasteiger partial charge in [-0.15, -0.1) is 0 Å². The Morgan fingerprint density at radius 2 is 2.41 bits per heavy atom. The van der Waals surface area contributed by atoms with Crippen LogP contribution in [0.3, 0.4) is 0 Å². The van der Waals surface area contributed by atoms with E-state index < -0.39 is 5.76 Å². The van der Waals surface area contributed by atoms with Crippen molar-refractivity contribution in [2.24, 2.45) is 0 Å². The zero-order chi connectivity index (χ0) is 11.7. The SMILES string of the molecule is O=c1[nH]c2cc(NCC3CCCN3)ccc2o1. The Kier molecular flexibility index (Phi) is 2.60. The molecule has 0 saturated carbocycles. The van der Waals surface area contributed by atoms with E-state index in [1.54, 1.807) is 6.07 Å². The second-order valence-electron chi connectivity index (χ2n) is 4.40. The Morgan fingerprint density at radius 3 is 3.24 bits per heavy atom. The molecule has 1 fully saturated rings. The lowest BCUT2D eigenvalue weighted by atomic mass is 10.2. The Hall–Kier alpha value is -1.75. The molecule has 5 nitrogen and oxygen atoms in total. The van der Waals surface area contributed by atoms with Crippen LogP contribution in [0.15, 0.2) is 27.4 Å². The predicted molar refractivity (Wildman–Crippen MR) is 66.3 cm³/mol. The molecule has 2 aromatic rings. The molecule has 0 spiro atoms. The number of rotatable bonds is 3. The second-order valence-corrected chi connectivity index (χ2v) is 4.40. The summed E-state index contributed by atoms with van der Waals surface area (Å²) in [6.45, 7) is 2.02. The molecule has 1 aromatic heterocycles. The minimum absolute atomic E-state index is 0.408. The van der Waals surface area contributed by atoms with Gasteiger partial charge in [0.2, 0.25) is 0 Å². The van der Waals surface area contributed by atoms with Crippen molar-refractivity contribution in [2.45, 2.75) is 18.9 Å². The average molecular weight is 233 g/mol. The van der Waals surface area contributed by atoms with Crippen LogP contribution in [-0.4, -0.2) is 24.1 Å². The molecule has 1 aliphatic rings.